The molecule has 1 saturated carbocycles. The summed E-state index contributed by atoms with van der Waals surface area (Å²) in [7, 11) is 0. The van der Waals surface area contributed by atoms with E-state index in [1.807, 2.05) is 83.6 Å². The molecule has 33 heteroatoms. The van der Waals surface area contributed by atoms with Gasteiger partial charge in [-0.2, -0.15) is 0 Å². The van der Waals surface area contributed by atoms with Crippen molar-refractivity contribution in [2.75, 3.05) is 105 Å². The fourth-order valence-corrected chi connectivity index (χ4v) is 18.3. The first-order chi connectivity index (χ1) is 68.6. The van der Waals surface area contributed by atoms with Crippen LogP contribution in [0.15, 0.2) is 139 Å². The summed E-state index contributed by atoms with van der Waals surface area (Å²) in [6, 6.07) is 29.6. The van der Waals surface area contributed by atoms with Crippen LogP contribution in [0, 0.1) is 79.8 Å². The third kappa shape index (κ3) is 26.5. The highest BCUT2D eigenvalue weighted by molar-refractivity contribution is 6.39. The number of piperidine rings is 1. The average molecular weight is 1990 g/mol. The van der Waals surface area contributed by atoms with E-state index in [-0.39, 0.29) is 100 Å². The van der Waals surface area contributed by atoms with Crippen molar-refractivity contribution in [3.05, 3.63) is 246 Å². The number of hydrogen-bond donors (Lipinski definition) is 0. The molecule has 3 aliphatic rings. The van der Waals surface area contributed by atoms with Gasteiger partial charge in [0.1, 0.15) is 77.6 Å². The summed E-state index contributed by atoms with van der Waals surface area (Å²) in [6.07, 6.45) is 11.4. The van der Waals surface area contributed by atoms with Gasteiger partial charge in [-0.05, 0) is 220 Å². The summed E-state index contributed by atoms with van der Waals surface area (Å²) in [5.74, 6) is 3.05. The molecule has 3 fully saturated rings. The number of carbonyl (C=O) groups is 4. The Balaban J connectivity index is 0.000000152. The van der Waals surface area contributed by atoms with Crippen LogP contribution < -0.4 is 37.9 Å². The van der Waals surface area contributed by atoms with Crippen LogP contribution >= 0.6 is 11.6 Å². The van der Waals surface area contributed by atoms with E-state index in [0.29, 0.717) is 259 Å². The maximum atomic E-state index is 13.9. The van der Waals surface area contributed by atoms with Gasteiger partial charge in [-0.3, -0.25) is 29.0 Å². The predicted octanol–water partition coefficient (Wildman–Crippen LogP) is 23.9. The van der Waals surface area contributed by atoms with Crippen molar-refractivity contribution < 1.29 is 101 Å². The van der Waals surface area contributed by atoms with E-state index in [4.69, 9.17) is 76.9 Å². The molecular weight excluding hydrogens is 1860 g/mol. The van der Waals surface area contributed by atoms with Crippen LogP contribution in [0.2, 0.25) is 5.02 Å². The molecule has 2 saturated heterocycles. The van der Waals surface area contributed by atoms with Gasteiger partial charge >= 0.3 is 0 Å². The highest BCUT2D eigenvalue weighted by Gasteiger charge is 2.38. The number of alkyl halides is 2. The molecule has 0 spiro atoms. The van der Waals surface area contributed by atoms with E-state index >= 15 is 0 Å². The van der Waals surface area contributed by atoms with Crippen LogP contribution in [0.25, 0.3) is 44.4 Å². The van der Waals surface area contributed by atoms with Gasteiger partial charge in [-0.15, -0.1) is 0 Å². The summed E-state index contributed by atoms with van der Waals surface area (Å²) in [5, 5.41) is 0.229. The van der Waals surface area contributed by atoms with Crippen LogP contribution in [-0.4, -0.2) is 183 Å². The van der Waals surface area contributed by atoms with Crippen molar-refractivity contribution in [1.82, 2.24) is 48.8 Å². The van der Waals surface area contributed by atoms with Crippen molar-refractivity contribution in [2.45, 2.75) is 211 Å². The van der Waals surface area contributed by atoms with Gasteiger partial charge < -0.3 is 69.4 Å². The van der Waals surface area contributed by atoms with Gasteiger partial charge in [0.2, 0.25) is 45.3 Å². The Morgan fingerprint density at radius 3 is 1.27 bits per heavy atom. The van der Waals surface area contributed by atoms with E-state index in [1.54, 1.807) is 68.3 Å². The van der Waals surface area contributed by atoms with Gasteiger partial charge in [0.25, 0.3) is 5.92 Å². The summed E-state index contributed by atoms with van der Waals surface area (Å²) < 4.78 is 151. The van der Waals surface area contributed by atoms with Gasteiger partial charge in [0.15, 0.2) is 69.7 Å². The van der Waals surface area contributed by atoms with Crippen molar-refractivity contribution >= 4 is 79.1 Å². The molecule has 14 aromatic rings. The number of Topliss-reactive ketones (excluding diaryl/α,β-unsaturated/α-hetero) is 4. The molecule has 0 amide bonds. The lowest BCUT2D eigenvalue weighted by Gasteiger charge is -2.32. The number of ether oxygens (including phenoxy) is 9. The summed E-state index contributed by atoms with van der Waals surface area (Å²) in [6.45, 7) is 36.9. The second-order valence-electron chi connectivity index (χ2n) is 36.8. The number of imidazole rings is 2. The van der Waals surface area contributed by atoms with Gasteiger partial charge in [-0.1, -0.05) is 99.1 Å². The fourth-order valence-electron chi connectivity index (χ4n) is 17.9. The zero-order valence-corrected chi connectivity index (χ0v) is 84.9. The highest BCUT2D eigenvalue weighted by atomic mass is 35.5. The third-order valence-corrected chi connectivity index (χ3v) is 26.3. The zero-order chi connectivity index (χ0) is 102. The molecule has 8 aromatic carbocycles. The number of carbonyl (C=O) groups excluding carboxylic acids is 4. The second kappa shape index (κ2) is 48.4. The van der Waals surface area contributed by atoms with E-state index < -0.39 is 5.92 Å². The van der Waals surface area contributed by atoms with Crippen molar-refractivity contribution in [1.29, 1.82) is 0 Å². The van der Waals surface area contributed by atoms with E-state index in [2.05, 4.69) is 60.4 Å². The number of aryl methyl sites for hydroxylation is 10. The molecule has 760 valence electrons. The molecule has 1 aliphatic carbocycles. The molecular formula is C110H126ClF5N10O17. The van der Waals surface area contributed by atoms with Crippen LogP contribution in [0.5, 0.6) is 46.0 Å². The lowest BCUT2D eigenvalue weighted by atomic mass is 9.98. The molecule has 27 nitrogen and oxygen atoms in total. The number of oxazole rings is 4. The quantitative estimate of drug-likeness (QED) is 0.0195. The highest BCUT2D eigenvalue weighted by Crippen LogP contribution is 2.50. The van der Waals surface area contributed by atoms with Crippen LogP contribution in [0.3, 0.4) is 0 Å². The Morgan fingerprint density at radius 2 is 0.846 bits per heavy atom. The Morgan fingerprint density at radius 1 is 0.448 bits per heavy atom. The Bertz CT molecular complexity index is 6750. The Labute approximate surface area is 833 Å². The lowest BCUT2D eigenvalue weighted by Crippen LogP contribution is -2.44. The molecule has 0 N–H and O–H groups in total. The first-order valence-electron chi connectivity index (χ1n) is 48.8. The standard InChI is InChI=1S/C30H35F3N2O4.C28H32FN3O4.C27H30FN3O4.C25H29ClN2O5/c1-18(21-7-9-23(31)10-8-21)11-15-37-28-26(38-16-14-35-13-4-12-30(32,33)17-35)24(20(3)36)19(2)25-27(28)39-29(34-25)22-5-6-22;1-16(22-7-9-23(29)10-8-22)11-13-34-28-26(35-14-12-32-17(2)15-30-20(32)5)24(19(4)33)18(3)25-27(28)36-21(6)31-25;1-16(21-6-8-22(28)9-7-21)10-14-33-27-25(34-15-13-31-12-11-29-19(31)4)23(18(3)32)17(2)24-26(27)35-20(5)30-24;1-17(29)20-21(26)22-24(33-18(2)27-22)25(31-13-6-9-19-7-4-3-5-8-19)23(20)32-16-12-28-10-14-30-15-11-28/h7-10,18,22H,4-6,11-17H2,1-3H3;7-10,15-16H,11-14H2,1-6H3;6-9,11-12,16H,10,13-15H2,1-5H3;3-5,7-8H,6,9-16H2,1-2H3. The van der Waals surface area contributed by atoms with Gasteiger partial charge in [-0.25, -0.2) is 51.9 Å². The molecule has 17 rings (SSSR count). The van der Waals surface area contributed by atoms with Crippen LogP contribution in [-0.2, 0) is 24.2 Å². The molecule has 143 heavy (non-hydrogen) atoms. The van der Waals surface area contributed by atoms with Crippen molar-refractivity contribution in [2.24, 2.45) is 0 Å². The zero-order valence-electron chi connectivity index (χ0n) is 84.1. The van der Waals surface area contributed by atoms with Gasteiger partial charge in [0.05, 0.1) is 86.6 Å². The van der Waals surface area contributed by atoms with Crippen molar-refractivity contribution in [3.8, 4) is 46.0 Å². The molecule has 0 radical (unpaired) electrons. The number of halogens is 6. The maximum Gasteiger partial charge on any atom is 0.260 e. The fraction of sp³-hybridized carbons (Fsp3) is 0.436. The smallest absolute Gasteiger partial charge is 0.260 e. The van der Waals surface area contributed by atoms with Crippen molar-refractivity contribution in [3.63, 3.8) is 0 Å². The maximum absolute atomic E-state index is 13.9. The first-order valence-corrected chi connectivity index (χ1v) is 49.2. The largest absolute Gasteiger partial charge is 0.487 e. The minimum absolute atomic E-state index is 0.0979. The predicted molar refractivity (Wildman–Crippen MR) is 535 cm³/mol. The number of nitrogens with zero attached hydrogens (tertiary/aromatic N) is 10. The third-order valence-electron chi connectivity index (χ3n) is 26.0. The first kappa shape index (κ1) is 106. The van der Waals surface area contributed by atoms with Crippen LogP contribution in [0.4, 0.5) is 22.0 Å². The number of hydrogen-bond acceptors (Lipinski definition) is 25. The Hall–Kier alpha value is -13.0. The molecule has 3 unspecified atom stereocenters. The number of aromatic nitrogens is 8. The summed E-state index contributed by atoms with van der Waals surface area (Å²) >= 11 is 6.59. The van der Waals surface area contributed by atoms with E-state index in [0.717, 1.165) is 72.8 Å². The monoisotopic (exact) mass is 1990 g/mol. The number of morpholine rings is 1. The molecule has 0 bridgehead atoms. The van der Waals surface area contributed by atoms with E-state index in [1.165, 1.54) is 69.7 Å². The molecule has 6 aromatic heterocycles. The normalized spacial score (nSPS) is 14.4. The van der Waals surface area contributed by atoms with Crippen LogP contribution in [0.1, 0.15) is 245 Å². The molecule has 2 aliphatic heterocycles. The minimum Gasteiger partial charge on any atom is -0.487 e. The Kier molecular flexibility index (Phi) is 35.8. The number of fused-ring (bicyclic) bond motifs is 4. The second-order valence-corrected chi connectivity index (χ2v) is 37.2. The minimum atomic E-state index is -2.70. The number of rotatable bonds is 41. The number of likely N-dealkylation sites (tertiary alicyclic amines) is 1. The van der Waals surface area contributed by atoms with Gasteiger partial charge in [0, 0.05) is 83.6 Å². The van der Waals surface area contributed by atoms with E-state index in [9.17, 15) is 41.1 Å². The average Bonchev–Trinajstić information content (AvgIpc) is 1.59. The summed E-state index contributed by atoms with van der Waals surface area (Å²) in [4.78, 5) is 81.4. The summed E-state index contributed by atoms with van der Waals surface area (Å²) in [5.41, 5.74) is 12.8. The molecule has 8 heterocycles. The SMILES string of the molecule is CC(=O)c1c(OCCN2CCCC(F)(F)C2)c(OCCC(C)c2ccc(F)cc2)c2oc(C3CC3)nc2c1C.CC(=O)c1c(OCCN2CCOCC2)c(OCCCc2ccccc2)c2oc(C)nc2c1Cl.CC(=O)c1c(OCCn2c(C)cnc2C)c(OCCC(C)c2ccc(F)cc2)c2oc(C)nc2c1C.CC(=O)c1c(OCCn2ccnc2C)c(OCCC(C)c2ccc(F)cc2)c2oc(C)nc2c1C. The number of benzene rings is 8. The topological polar surface area (TPSA) is 298 Å². The molecule has 3 atom stereocenters. The lowest BCUT2D eigenvalue weighted by molar-refractivity contribution is -0.0657. The number of ketones is 4.